The van der Waals surface area contributed by atoms with Gasteiger partial charge in [-0.15, -0.1) is 0 Å². The third-order valence-corrected chi connectivity index (χ3v) is 6.45. The van der Waals surface area contributed by atoms with Gasteiger partial charge in [-0.05, 0) is 54.8 Å². The summed E-state index contributed by atoms with van der Waals surface area (Å²) in [5.41, 5.74) is 1.20. The fourth-order valence-electron chi connectivity index (χ4n) is 3.68. The second-order valence-electron chi connectivity index (χ2n) is 7.05. The molecule has 0 aromatic heterocycles. The third kappa shape index (κ3) is 3.58. The van der Waals surface area contributed by atoms with Crippen molar-refractivity contribution < 1.29 is 13.9 Å². The van der Waals surface area contributed by atoms with Crippen molar-refractivity contribution in [3.8, 4) is 5.75 Å². The van der Waals surface area contributed by atoms with Crippen LogP contribution in [-0.4, -0.2) is 23.5 Å². The highest BCUT2D eigenvalue weighted by Crippen LogP contribution is 2.39. The molecule has 1 N–H and O–H groups in total. The Balaban J connectivity index is 1.48. The Hall–Kier alpha value is -2.01. The molecular weight excluding hydrogens is 349 g/mol. The van der Waals surface area contributed by atoms with Crippen molar-refractivity contribution in [3.05, 3.63) is 65.5 Å². The first kappa shape index (κ1) is 17.4. The van der Waals surface area contributed by atoms with Crippen LogP contribution < -0.4 is 10.1 Å². The van der Waals surface area contributed by atoms with Crippen LogP contribution in [0.5, 0.6) is 5.75 Å². The molecule has 1 aliphatic carbocycles. The van der Waals surface area contributed by atoms with Gasteiger partial charge in [0, 0.05) is 17.1 Å². The van der Waals surface area contributed by atoms with Gasteiger partial charge in [0.1, 0.15) is 17.7 Å². The maximum absolute atomic E-state index is 13.3. The summed E-state index contributed by atoms with van der Waals surface area (Å²) in [5, 5.41) is 3.22. The van der Waals surface area contributed by atoms with Crippen molar-refractivity contribution in [2.75, 3.05) is 11.5 Å². The SMILES string of the molecule is O=C(NC1(c2ccc(F)cc2)CCCC1)c1ccc(OC2CSC2)cc1. The lowest BCUT2D eigenvalue weighted by Crippen LogP contribution is -2.43. The summed E-state index contributed by atoms with van der Waals surface area (Å²) >= 11 is 1.88. The van der Waals surface area contributed by atoms with Crippen LogP contribution in [0.25, 0.3) is 0 Å². The normalized spacial score (nSPS) is 19.0. The van der Waals surface area contributed by atoms with E-state index in [0.717, 1.165) is 48.5 Å². The highest BCUT2D eigenvalue weighted by Gasteiger charge is 2.37. The van der Waals surface area contributed by atoms with Gasteiger partial charge in [-0.2, -0.15) is 11.8 Å². The number of amides is 1. The predicted molar refractivity (Wildman–Crippen MR) is 102 cm³/mol. The fourth-order valence-corrected chi connectivity index (χ4v) is 4.25. The molecule has 5 heteroatoms. The van der Waals surface area contributed by atoms with Crippen LogP contribution in [-0.2, 0) is 5.54 Å². The van der Waals surface area contributed by atoms with Crippen LogP contribution in [0.15, 0.2) is 48.5 Å². The molecule has 2 aliphatic rings. The summed E-state index contributed by atoms with van der Waals surface area (Å²) in [7, 11) is 0. The second kappa shape index (κ2) is 7.31. The van der Waals surface area contributed by atoms with Gasteiger partial charge < -0.3 is 10.1 Å². The maximum atomic E-state index is 13.3. The molecule has 1 saturated carbocycles. The molecule has 136 valence electrons. The van der Waals surface area contributed by atoms with Crippen LogP contribution in [0, 0.1) is 5.82 Å². The predicted octanol–water partition coefficient (Wildman–Crippen LogP) is 4.52. The minimum atomic E-state index is -0.400. The Kier molecular flexibility index (Phi) is 4.90. The number of thioether (sulfide) groups is 1. The summed E-state index contributed by atoms with van der Waals surface area (Å²) < 4.78 is 19.1. The Morgan fingerprint density at radius 3 is 2.27 bits per heavy atom. The highest BCUT2D eigenvalue weighted by molar-refractivity contribution is 8.00. The minimum absolute atomic E-state index is 0.0954. The molecule has 1 amide bonds. The number of rotatable bonds is 5. The lowest BCUT2D eigenvalue weighted by Gasteiger charge is -2.31. The van der Waals surface area contributed by atoms with Crippen molar-refractivity contribution in [1.82, 2.24) is 5.32 Å². The van der Waals surface area contributed by atoms with Crippen LogP contribution in [0.1, 0.15) is 41.6 Å². The Morgan fingerprint density at radius 2 is 1.69 bits per heavy atom. The van der Waals surface area contributed by atoms with E-state index < -0.39 is 5.54 Å². The zero-order chi connectivity index (χ0) is 18.0. The molecule has 0 atom stereocenters. The molecule has 0 spiro atoms. The summed E-state index contributed by atoms with van der Waals surface area (Å²) in [4.78, 5) is 12.8. The number of ether oxygens (including phenoxy) is 1. The molecule has 0 radical (unpaired) electrons. The van der Waals surface area contributed by atoms with Gasteiger partial charge in [0.15, 0.2) is 0 Å². The molecule has 2 fully saturated rings. The summed E-state index contributed by atoms with van der Waals surface area (Å²) in [5.74, 6) is 2.52. The van der Waals surface area contributed by atoms with Gasteiger partial charge in [0.2, 0.25) is 0 Å². The topological polar surface area (TPSA) is 38.3 Å². The second-order valence-corrected chi connectivity index (χ2v) is 8.13. The zero-order valence-electron chi connectivity index (χ0n) is 14.5. The lowest BCUT2D eigenvalue weighted by molar-refractivity contribution is 0.0898. The Morgan fingerprint density at radius 1 is 1.04 bits per heavy atom. The largest absolute Gasteiger partial charge is 0.489 e. The molecule has 2 aromatic rings. The first-order valence-corrected chi connectivity index (χ1v) is 10.2. The average molecular weight is 371 g/mol. The third-order valence-electron chi connectivity index (χ3n) is 5.23. The van der Waals surface area contributed by atoms with E-state index in [1.165, 1.54) is 12.1 Å². The number of carbonyl (C=O) groups excluding carboxylic acids is 1. The van der Waals surface area contributed by atoms with Gasteiger partial charge in [-0.3, -0.25) is 4.79 Å². The van der Waals surface area contributed by atoms with Crippen LogP contribution >= 0.6 is 11.8 Å². The first-order valence-electron chi connectivity index (χ1n) is 9.08. The number of hydrogen-bond acceptors (Lipinski definition) is 3. The van der Waals surface area contributed by atoms with Crippen molar-refractivity contribution in [2.45, 2.75) is 37.3 Å². The fraction of sp³-hybridized carbons (Fsp3) is 0.381. The molecule has 4 rings (SSSR count). The monoisotopic (exact) mass is 371 g/mol. The van der Waals surface area contributed by atoms with Gasteiger partial charge in [-0.1, -0.05) is 25.0 Å². The van der Waals surface area contributed by atoms with E-state index in [1.807, 2.05) is 36.0 Å². The van der Waals surface area contributed by atoms with Gasteiger partial charge in [-0.25, -0.2) is 4.39 Å². The number of halogens is 1. The van der Waals surface area contributed by atoms with E-state index in [4.69, 9.17) is 4.74 Å². The summed E-state index contributed by atoms with van der Waals surface area (Å²) in [6.45, 7) is 0. The molecule has 1 saturated heterocycles. The molecule has 1 aliphatic heterocycles. The van der Waals surface area contributed by atoms with E-state index in [0.29, 0.717) is 11.7 Å². The van der Waals surface area contributed by atoms with Crippen LogP contribution in [0.4, 0.5) is 4.39 Å². The van der Waals surface area contributed by atoms with E-state index in [2.05, 4.69) is 5.32 Å². The molecule has 1 heterocycles. The minimum Gasteiger partial charge on any atom is -0.489 e. The first-order chi connectivity index (χ1) is 12.6. The smallest absolute Gasteiger partial charge is 0.251 e. The summed E-state index contributed by atoms with van der Waals surface area (Å²) in [6, 6.07) is 13.8. The molecule has 26 heavy (non-hydrogen) atoms. The molecule has 2 aromatic carbocycles. The number of nitrogens with one attached hydrogen (secondary N) is 1. The van der Waals surface area contributed by atoms with E-state index in [1.54, 1.807) is 12.1 Å². The Bertz CT molecular complexity index is 766. The van der Waals surface area contributed by atoms with Crippen LogP contribution in [0.3, 0.4) is 0 Å². The van der Waals surface area contributed by atoms with Crippen molar-refractivity contribution in [3.63, 3.8) is 0 Å². The maximum Gasteiger partial charge on any atom is 0.251 e. The van der Waals surface area contributed by atoms with Crippen molar-refractivity contribution >= 4 is 17.7 Å². The Labute approximate surface area is 157 Å². The molecule has 3 nitrogen and oxygen atoms in total. The molecule has 0 bridgehead atoms. The zero-order valence-corrected chi connectivity index (χ0v) is 15.4. The number of carbonyl (C=O) groups is 1. The van der Waals surface area contributed by atoms with E-state index in [-0.39, 0.29) is 11.7 Å². The van der Waals surface area contributed by atoms with Gasteiger partial charge in [0.25, 0.3) is 5.91 Å². The standard InChI is InChI=1S/C21H22FNO2S/c22-17-7-5-16(6-8-17)21(11-1-2-12-21)23-20(24)15-3-9-18(10-4-15)25-19-13-26-14-19/h3-10,19H,1-2,11-14H2,(H,23,24). The molecular formula is C21H22FNO2S. The lowest BCUT2D eigenvalue weighted by atomic mass is 9.87. The highest BCUT2D eigenvalue weighted by atomic mass is 32.2. The van der Waals surface area contributed by atoms with E-state index in [9.17, 15) is 9.18 Å². The summed E-state index contributed by atoms with van der Waals surface area (Å²) in [6.07, 6.45) is 4.17. The van der Waals surface area contributed by atoms with Gasteiger partial charge >= 0.3 is 0 Å². The van der Waals surface area contributed by atoms with Crippen LogP contribution in [0.2, 0.25) is 0 Å². The van der Waals surface area contributed by atoms with Crippen molar-refractivity contribution in [1.29, 1.82) is 0 Å². The average Bonchev–Trinajstić information content (AvgIpc) is 3.09. The molecule has 0 unspecified atom stereocenters. The quantitative estimate of drug-likeness (QED) is 0.840. The van der Waals surface area contributed by atoms with Crippen molar-refractivity contribution in [2.24, 2.45) is 0 Å². The number of benzene rings is 2. The number of hydrogen-bond donors (Lipinski definition) is 1. The van der Waals surface area contributed by atoms with Gasteiger partial charge in [0.05, 0.1) is 5.54 Å². The van der Waals surface area contributed by atoms with E-state index >= 15 is 0 Å².